The molecule has 1 aromatic rings. The van der Waals surface area contributed by atoms with Crippen molar-refractivity contribution in [1.82, 2.24) is 10.2 Å². The molecule has 0 spiro atoms. The maximum absolute atomic E-state index is 12.2. The summed E-state index contributed by atoms with van der Waals surface area (Å²) in [5, 5.41) is 2.90. The summed E-state index contributed by atoms with van der Waals surface area (Å²) in [6.07, 6.45) is 0. The van der Waals surface area contributed by atoms with Crippen molar-refractivity contribution >= 4 is 23.1 Å². The van der Waals surface area contributed by atoms with Crippen molar-refractivity contribution in [3.63, 3.8) is 0 Å². The predicted molar refractivity (Wildman–Crippen MR) is 82.1 cm³/mol. The number of nitrogens with two attached hydrogens (primary N) is 1. The molecule has 0 aliphatic carbocycles. The molecule has 0 fully saturated rings. The minimum absolute atomic E-state index is 0.146. The fraction of sp³-hybridized carbons (Fsp3) is 0.429. The zero-order valence-electron chi connectivity index (χ0n) is 11.6. The first-order valence-electron chi connectivity index (χ1n) is 6.22. The lowest BCUT2D eigenvalue weighted by molar-refractivity contribution is -0.121. The number of thiocarbonyl (C=S) groups is 1. The van der Waals surface area contributed by atoms with Gasteiger partial charge in [-0.1, -0.05) is 42.5 Å². The number of carbonyl (C=O) groups is 1. The van der Waals surface area contributed by atoms with Gasteiger partial charge < -0.3 is 16.0 Å². The highest BCUT2D eigenvalue weighted by atomic mass is 32.1. The van der Waals surface area contributed by atoms with Gasteiger partial charge in [-0.25, -0.2) is 0 Å². The summed E-state index contributed by atoms with van der Waals surface area (Å²) in [5.74, 6) is -0.710. The Hall–Kier alpha value is -1.46. The average Bonchev–Trinajstić information content (AvgIpc) is 2.36. The van der Waals surface area contributed by atoms with Gasteiger partial charge in [0.1, 0.15) is 5.92 Å². The number of nitrogens with one attached hydrogen (secondary N) is 1. The lowest BCUT2D eigenvalue weighted by Gasteiger charge is -2.22. The molecule has 0 bridgehead atoms. The van der Waals surface area contributed by atoms with Gasteiger partial charge in [-0.3, -0.25) is 4.79 Å². The lowest BCUT2D eigenvalue weighted by Crippen LogP contribution is -2.42. The molecule has 1 aromatic carbocycles. The molecule has 4 nitrogen and oxygen atoms in total. The largest absolute Gasteiger partial charge is 0.392 e. The summed E-state index contributed by atoms with van der Waals surface area (Å²) in [4.78, 5) is 14.5. The molecule has 0 saturated carbocycles. The van der Waals surface area contributed by atoms with Crippen LogP contribution in [0.4, 0.5) is 0 Å². The summed E-state index contributed by atoms with van der Waals surface area (Å²) >= 11 is 5.01. The first kappa shape index (κ1) is 15.6. The maximum Gasteiger partial charge on any atom is 0.234 e. The summed E-state index contributed by atoms with van der Waals surface area (Å²) in [7, 11) is 3.94. The number of likely N-dealkylation sites (N-methyl/N-ethyl adjacent to an activating group) is 1. The smallest absolute Gasteiger partial charge is 0.234 e. The quantitative estimate of drug-likeness (QED) is 0.766. The molecule has 0 heterocycles. The molecule has 0 saturated heterocycles. The van der Waals surface area contributed by atoms with Gasteiger partial charge in [0.05, 0.1) is 4.99 Å². The molecule has 1 amide bonds. The average molecular weight is 279 g/mol. The topological polar surface area (TPSA) is 58.4 Å². The van der Waals surface area contributed by atoms with Gasteiger partial charge in [0.2, 0.25) is 5.91 Å². The Labute approximate surface area is 120 Å². The van der Waals surface area contributed by atoms with Crippen LogP contribution in [-0.4, -0.2) is 42.5 Å². The second-order valence-corrected chi connectivity index (χ2v) is 5.28. The van der Waals surface area contributed by atoms with E-state index in [1.54, 1.807) is 0 Å². The normalized spacial score (nSPS) is 13.9. The number of hydrogen-bond donors (Lipinski definition) is 2. The van der Waals surface area contributed by atoms with Crippen molar-refractivity contribution in [2.75, 3.05) is 20.6 Å². The van der Waals surface area contributed by atoms with E-state index in [1.165, 1.54) is 0 Å². The molecule has 1 rings (SSSR count). The van der Waals surface area contributed by atoms with E-state index in [0.717, 1.165) is 5.56 Å². The SMILES string of the molecule is CC(CNC(=O)C(C(N)=S)c1ccccc1)N(C)C. The highest BCUT2D eigenvalue weighted by Gasteiger charge is 2.23. The Kier molecular flexibility index (Phi) is 5.92. The number of benzene rings is 1. The van der Waals surface area contributed by atoms with Crippen molar-refractivity contribution in [2.24, 2.45) is 5.73 Å². The van der Waals surface area contributed by atoms with Gasteiger partial charge in [0.25, 0.3) is 0 Å². The molecule has 0 aliphatic heterocycles. The van der Waals surface area contributed by atoms with E-state index in [1.807, 2.05) is 56.3 Å². The van der Waals surface area contributed by atoms with Gasteiger partial charge in [-0.05, 0) is 26.6 Å². The number of carbonyl (C=O) groups excluding carboxylic acids is 1. The summed E-state index contributed by atoms with van der Waals surface area (Å²) in [5.41, 5.74) is 6.52. The van der Waals surface area contributed by atoms with Gasteiger partial charge in [-0.2, -0.15) is 0 Å². The molecule has 2 unspecified atom stereocenters. The van der Waals surface area contributed by atoms with Crippen LogP contribution >= 0.6 is 12.2 Å². The molecule has 5 heteroatoms. The highest BCUT2D eigenvalue weighted by molar-refractivity contribution is 7.80. The Bertz CT molecular complexity index is 434. The summed E-state index contributed by atoms with van der Waals surface area (Å²) < 4.78 is 0. The molecule has 0 aromatic heterocycles. The Morgan fingerprint density at radius 3 is 2.42 bits per heavy atom. The van der Waals surface area contributed by atoms with Crippen LogP contribution in [0.2, 0.25) is 0 Å². The van der Waals surface area contributed by atoms with Crippen LogP contribution in [0, 0.1) is 0 Å². The maximum atomic E-state index is 12.2. The number of rotatable bonds is 6. The molecular formula is C14H21N3OS. The predicted octanol–water partition coefficient (Wildman–Crippen LogP) is 1.12. The zero-order chi connectivity index (χ0) is 14.4. The fourth-order valence-corrected chi connectivity index (χ4v) is 1.87. The number of nitrogens with zero attached hydrogens (tertiary/aromatic N) is 1. The van der Waals surface area contributed by atoms with E-state index in [2.05, 4.69) is 5.32 Å². The molecule has 2 atom stereocenters. The monoisotopic (exact) mass is 279 g/mol. The summed E-state index contributed by atoms with van der Waals surface area (Å²) in [6.45, 7) is 2.61. The second kappa shape index (κ2) is 7.21. The second-order valence-electron chi connectivity index (χ2n) is 4.80. The van der Waals surface area contributed by atoms with Crippen molar-refractivity contribution < 1.29 is 4.79 Å². The van der Waals surface area contributed by atoms with E-state index in [-0.39, 0.29) is 16.9 Å². The number of amides is 1. The van der Waals surface area contributed by atoms with Crippen molar-refractivity contribution in [3.05, 3.63) is 35.9 Å². The third-order valence-electron chi connectivity index (χ3n) is 3.13. The zero-order valence-corrected chi connectivity index (χ0v) is 12.4. The first-order chi connectivity index (χ1) is 8.93. The van der Waals surface area contributed by atoms with E-state index < -0.39 is 5.92 Å². The first-order valence-corrected chi connectivity index (χ1v) is 6.62. The van der Waals surface area contributed by atoms with E-state index >= 15 is 0 Å². The molecule has 104 valence electrons. The van der Waals surface area contributed by atoms with Crippen LogP contribution in [0.25, 0.3) is 0 Å². The molecule has 19 heavy (non-hydrogen) atoms. The van der Waals surface area contributed by atoms with Gasteiger partial charge >= 0.3 is 0 Å². The van der Waals surface area contributed by atoms with Crippen LogP contribution < -0.4 is 11.1 Å². The van der Waals surface area contributed by atoms with Crippen LogP contribution in [0.3, 0.4) is 0 Å². The minimum Gasteiger partial charge on any atom is -0.392 e. The van der Waals surface area contributed by atoms with Crippen molar-refractivity contribution in [1.29, 1.82) is 0 Å². The molecule has 0 radical (unpaired) electrons. The number of hydrogen-bond acceptors (Lipinski definition) is 3. The third-order valence-corrected chi connectivity index (χ3v) is 3.37. The van der Waals surface area contributed by atoms with Crippen LogP contribution in [0.5, 0.6) is 0 Å². The van der Waals surface area contributed by atoms with Crippen LogP contribution in [-0.2, 0) is 4.79 Å². The Balaban J connectivity index is 2.73. The standard InChI is InChI=1S/C14H21N3OS/c1-10(17(2)3)9-16-14(18)12(13(15)19)11-7-5-4-6-8-11/h4-8,10,12H,9H2,1-3H3,(H2,15,19)(H,16,18). The Morgan fingerprint density at radius 1 is 1.37 bits per heavy atom. The van der Waals surface area contributed by atoms with Gasteiger partial charge in [0, 0.05) is 12.6 Å². The Morgan fingerprint density at radius 2 is 1.95 bits per heavy atom. The van der Waals surface area contributed by atoms with Crippen LogP contribution in [0.15, 0.2) is 30.3 Å². The van der Waals surface area contributed by atoms with Crippen LogP contribution in [0.1, 0.15) is 18.4 Å². The fourth-order valence-electron chi connectivity index (χ4n) is 1.62. The van der Waals surface area contributed by atoms with Gasteiger partial charge in [-0.15, -0.1) is 0 Å². The van der Waals surface area contributed by atoms with Crippen molar-refractivity contribution in [3.8, 4) is 0 Å². The molecular weight excluding hydrogens is 258 g/mol. The highest BCUT2D eigenvalue weighted by Crippen LogP contribution is 2.16. The minimum atomic E-state index is -0.564. The van der Waals surface area contributed by atoms with E-state index in [9.17, 15) is 4.79 Å². The lowest BCUT2D eigenvalue weighted by atomic mass is 9.98. The molecule has 3 N–H and O–H groups in total. The van der Waals surface area contributed by atoms with Gasteiger partial charge in [0.15, 0.2) is 0 Å². The van der Waals surface area contributed by atoms with E-state index in [0.29, 0.717) is 6.54 Å². The summed E-state index contributed by atoms with van der Waals surface area (Å²) in [6, 6.07) is 9.61. The van der Waals surface area contributed by atoms with Crippen molar-refractivity contribution in [2.45, 2.75) is 18.9 Å². The van der Waals surface area contributed by atoms with E-state index in [4.69, 9.17) is 18.0 Å². The third kappa shape index (κ3) is 4.61. The molecule has 0 aliphatic rings.